The molecule has 0 spiro atoms. The van der Waals surface area contributed by atoms with E-state index < -0.39 is 6.10 Å². The van der Waals surface area contributed by atoms with E-state index in [0.29, 0.717) is 38.0 Å². The highest BCUT2D eigenvalue weighted by molar-refractivity contribution is 6.04. The number of hydrogen-bond acceptors (Lipinski definition) is 6. The normalized spacial score (nSPS) is 18.5. The Balaban J connectivity index is 1.41. The number of likely N-dealkylation sites (tertiary alicyclic amines) is 1. The minimum atomic E-state index is -1.02. The van der Waals surface area contributed by atoms with E-state index >= 15 is 0 Å². The van der Waals surface area contributed by atoms with Gasteiger partial charge in [-0.2, -0.15) is 0 Å². The van der Waals surface area contributed by atoms with Gasteiger partial charge in [0.2, 0.25) is 0 Å². The number of rotatable bonds is 3. The summed E-state index contributed by atoms with van der Waals surface area (Å²) < 4.78 is 0. The summed E-state index contributed by atoms with van der Waals surface area (Å²) in [6.45, 7) is 2.94. The van der Waals surface area contributed by atoms with Gasteiger partial charge in [0.15, 0.2) is 0 Å². The van der Waals surface area contributed by atoms with E-state index in [-0.39, 0.29) is 18.0 Å². The van der Waals surface area contributed by atoms with Crippen molar-refractivity contribution in [1.82, 2.24) is 24.8 Å². The molecule has 3 amide bonds. The maximum Gasteiger partial charge on any atom is 0.324 e. The molecule has 1 atom stereocenters. The van der Waals surface area contributed by atoms with Crippen molar-refractivity contribution in [3.63, 3.8) is 0 Å². The van der Waals surface area contributed by atoms with Crippen molar-refractivity contribution in [3.8, 4) is 11.3 Å². The fourth-order valence-corrected chi connectivity index (χ4v) is 5.45. The summed E-state index contributed by atoms with van der Waals surface area (Å²) in [6, 6.07) is 5.84. The molecule has 2 aliphatic heterocycles. The van der Waals surface area contributed by atoms with Gasteiger partial charge in [-0.15, -0.1) is 0 Å². The molecule has 9 heteroatoms. The Bertz CT molecular complexity index is 1410. The van der Waals surface area contributed by atoms with Crippen LogP contribution in [0.4, 0.5) is 10.5 Å². The SMILES string of the molecule is C[C@@H](O)C(=O)N1CCC(N2C(=O)N(C)Cc3cnc4ccc(-c5cnc6c(c5)C=CC6)nc4c32)CC1. The number of carbonyl (C=O) groups excluding carboxylic acids is 2. The Morgan fingerprint density at radius 2 is 1.97 bits per heavy atom. The number of anilines is 1. The molecule has 0 saturated carbocycles. The second kappa shape index (κ2) is 8.67. The van der Waals surface area contributed by atoms with Crippen LogP contribution in [0, 0.1) is 0 Å². The van der Waals surface area contributed by atoms with Crippen LogP contribution in [0.2, 0.25) is 0 Å². The third-order valence-electron chi connectivity index (χ3n) is 7.35. The zero-order chi connectivity index (χ0) is 25.0. The van der Waals surface area contributed by atoms with E-state index in [1.807, 2.05) is 29.4 Å². The molecule has 0 aromatic carbocycles. The van der Waals surface area contributed by atoms with Crippen LogP contribution in [-0.4, -0.2) is 74.1 Å². The smallest absolute Gasteiger partial charge is 0.324 e. The first kappa shape index (κ1) is 22.6. The van der Waals surface area contributed by atoms with Crippen molar-refractivity contribution in [2.24, 2.45) is 0 Å². The van der Waals surface area contributed by atoms with E-state index in [9.17, 15) is 14.7 Å². The molecular weight excluding hydrogens is 456 g/mol. The van der Waals surface area contributed by atoms with Gasteiger partial charge in [0.05, 0.1) is 29.1 Å². The minimum absolute atomic E-state index is 0.0770. The zero-order valence-corrected chi connectivity index (χ0v) is 20.4. The molecular formula is C27H28N6O3. The average molecular weight is 485 g/mol. The molecule has 1 fully saturated rings. The van der Waals surface area contributed by atoms with Gasteiger partial charge >= 0.3 is 6.03 Å². The average Bonchev–Trinajstić information content (AvgIpc) is 3.37. The van der Waals surface area contributed by atoms with Crippen LogP contribution >= 0.6 is 0 Å². The number of aliphatic hydroxyl groups excluding tert-OH is 1. The van der Waals surface area contributed by atoms with Gasteiger partial charge < -0.3 is 14.9 Å². The van der Waals surface area contributed by atoms with Crippen molar-refractivity contribution in [2.75, 3.05) is 25.0 Å². The van der Waals surface area contributed by atoms with Crippen LogP contribution in [0.5, 0.6) is 0 Å². The van der Waals surface area contributed by atoms with E-state index in [2.05, 4.69) is 28.2 Å². The summed E-state index contributed by atoms with van der Waals surface area (Å²) in [4.78, 5) is 45.3. The predicted molar refractivity (Wildman–Crippen MR) is 136 cm³/mol. The molecule has 1 aliphatic carbocycles. The third-order valence-corrected chi connectivity index (χ3v) is 7.35. The van der Waals surface area contributed by atoms with Crippen LogP contribution in [0.25, 0.3) is 28.4 Å². The van der Waals surface area contributed by atoms with E-state index in [1.54, 1.807) is 16.8 Å². The molecule has 0 radical (unpaired) electrons. The minimum Gasteiger partial charge on any atom is -0.384 e. The fourth-order valence-electron chi connectivity index (χ4n) is 5.45. The molecule has 5 heterocycles. The van der Waals surface area contributed by atoms with Gasteiger partial charge in [0.1, 0.15) is 11.6 Å². The van der Waals surface area contributed by atoms with E-state index in [0.717, 1.165) is 45.7 Å². The molecule has 3 aliphatic rings. The first-order chi connectivity index (χ1) is 17.4. The van der Waals surface area contributed by atoms with Gasteiger partial charge in [0.25, 0.3) is 5.91 Å². The number of aromatic nitrogens is 3. The number of aliphatic hydroxyl groups is 1. The predicted octanol–water partition coefficient (Wildman–Crippen LogP) is 3.00. The molecule has 1 saturated heterocycles. The summed E-state index contributed by atoms with van der Waals surface area (Å²) in [6.07, 6.45) is 8.97. The number of urea groups is 1. The lowest BCUT2D eigenvalue weighted by Crippen LogP contribution is -2.55. The standard InChI is InChI=1S/C27H28N6O3/c1-16(34)26(35)32-10-8-20(9-11-32)33-25-19(15-31(2)27(33)36)14-29-23-7-6-22(30-24(23)25)18-12-17-4-3-5-21(17)28-13-18/h3-4,6-7,12-14,16,20,34H,5,8-11,15H2,1-2H3/t16-/m1/s1. The van der Waals surface area contributed by atoms with Crippen LogP contribution < -0.4 is 4.90 Å². The van der Waals surface area contributed by atoms with Crippen molar-refractivity contribution in [3.05, 3.63) is 53.5 Å². The molecule has 3 aromatic heterocycles. The summed E-state index contributed by atoms with van der Waals surface area (Å²) in [5.41, 5.74) is 7.08. The van der Waals surface area contributed by atoms with Crippen molar-refractivity contribution in [1.29, 1.82) is 0 Å². The number of amides is 3. The zero-order valence-electron chi connectivity index (χ0n) is 20.4. The Hall–Kier alpha value is -3.85. The van der Waals surface area contributed by atoms with Gasteiger partial charge in [-0.05, 0) is 43.5 Å². The number of nitrogens with zero attached hydrogens (tertiary/aromatic N) is 6. The topological polar surface area (TPSA) is 103 Å². The lowest BCUT2D eigenvalue weighted by Gasteiger charge is -2.43. The van der Waals surface area contributed by atoms with Gasteiger partial charge in [-0.3, -0.25) is 19.7 Å². The van der Waals surface area contributed by atoms with Crippen LogP contribution in [0.3, 0.4) is 0 Å². The Morgan fingerprint density at radius 1 is 1.17 bits per heavy atom. The van der Waals surface area contributed by atoms with E-state index in [4.69, 9.17) is 4.98 Å². The van der Waals surface area contributed by atoms with Crippen LogP contribution in [-0.2, 0) is 17.8 Å². The van der Waals surface area contributed by atoms with Gasteiger partial charge in [-0.25, -0.2) is 9.78 Å². The number of piperidine rings is 1. The lowest BCUT2D eigenvalue weighted by molar-refractivity contribution is -0.140. The lowest BCUT2D eigenvalue weighted by atomic mass is 9.99. The number of allylic oxidation sites excluding steroid dienone is 1. The monoisotopic (exact) mass is 484 g/mol. The molecule has 184 valence electrons. The summed E-state index contributed by atoms with van der Waals surface area (Å²) in [5.74, 6) is -0.269. The maximum atomic E-state index is 13.5. The number of pyridine rings is 3. The largest absolute Gasteiger partial charge is 0.384 e. The Morgan fingerprint density at radius 3 is 2.75 bits per heavy atom. The second-order valence-electron chi connectivity index (χ2n) is 9.80. The first-order valence-electron chi connectivity index (χ1n) is 12.4. The first-order valence-corrected chi connectivity index (χ1v) is 12.4. The highest BCUT2D eigenvalue weighted by atomic mass is 16.3. The maximum absolute atomic E-state index is 13.5. The number of fused-ring (bicyclic) bond motifs is 4. The molecule has 0 bridgehead atoms. The van der Waals surface area contributed by atoms with Gasteiger partial charge in [-0.1, -0.05) is 12.2 Å². The molecule has 36 heavy (non-hydrogen) atoms. The molecule has 1 N–H and O–H groups in total. The van der Waals surface area contributed by atoms with E-state index in [1.165, 1.54) is 6.92 Å². The molecule has 3 aromatic rings. The van der Waals surface area contributed by atoms with Crippen LogP contribution in [0.15, 0.2) is 36.7 Å². The fraction of sp³-hybridized carbons (Fsp3) is 0.370. The third kappa shape index (κ3) is 3.71. The quantitative estimate of drug-likeness (QED) is 0.613. The molecule has 0 unspecified atom stereocenters. The Labute approximate surface area is 209 Å². The van der Waals surface area contributed by atoms with Crippen molar-refractivity contribution in [2.45, 2.75) is 44.9 Å². The summed E-state index contributed by atoms with van der Waals surface area (Å²) >= 11 is 0. The molecule has 9 nitrogen and oxygen atoms in total. The summed E-state index contributed by atoms with van der Waals surface area (Å²) in [5, 5.41) is 9.70. The van der Waals surface area contributed by atoms with Crippen molar-refractivity contribution < 1.29 is 14.7 Å². The summed E-state index contributed by atoms with van der Waals surface area (Å²) in [7, 11) is 1.79. The highest BCUT2D eigenvalue weighted by Crippen LogP contribution is 2.38. The Kier molecular flexibility index (Phi) is 5.44. The van der Waals surface area contributed by atoms with Gasteiger partial charge in [0, 0.05) is 56.1 Å². The second-order valence-corrected chi connectivity index (χ2v) is 9.80. The number of carbonyl (C=O) groups is 2. The van der Waals surface area contributed by atoms with Crippen molar-refractivity contribution >= 4 is 34.7 Å². The van der Waals surface area contributed by atoms with Crippen LogP contribution in [0.1, 0.15) is 36.6 Å². The molecule has 6 rings (SSSR count). The number of hydrogen-bond donors (Lipinski definition) is 1. The highest BCUT2D eigenvalue weighted by Gasteiger charge is 2.38.